The first-order chi connectivity index (χ1) is 10.6. The second-order valence-electron chi connectivity index (χ2n) is 5.42. The zero-order chi connectivity index (χ0) is 15.6. The maximum absolute atomic E-state index is 11.5. The predicted molar refractivity (Wildman–Crippen MR) is 79.9 cm³/mol. The van der Waals surface area contributed by atoms with E-state index in [1.165, 1.54) is 0 Å². The fourth-order valence-corrected chi connectivity index (χ4v) is 3.46. The molecule has 8 heteroatoms. The highest BCUT2D eigenvalue weighted by Gasteiger charge is 2.43. The molecule has 1 aliphatic rings. The molecule has 2 aromatic rings. The van der Waals surface area contributed by atoms with Crippen molar-refractivity contribution in [1.29, 1.82) is 0 Å². The summed E-state index contributed by atoms with van der Waals surface area (Å²) in [6.07, 6.45) is 4.22. The molecule has 3 rings (SSSR count). The molecule has 0 spiro atoms. The Kier molecular flexibility index (Phi) is 4.21. The minimum Gasteiger partial charge on any atom is -0.479 e. The van der Waals surface area contributed by atoms with Gasteiger partial charge in [-0.15, -0.1) is 16.4 Å². The fraction of sp³-hybridized carbons (Fsp3) is 0.571. The second kappa shape index (κ2) is 6.13. The number of hydrogen-bond donors (Lipinski definition) is 1. The summed E-state index contributed by atoms with van der Waals surface area (Å²) in [5, 5.41) is 20.6. The molecular formula is C14H18N4O3S. The van der Waals surface area contributed by atoms with Crippen molar-refractivity contribution in [2.75, 3.05) is 6.61 Å². The highest BCUT2D eigenvalue weighted by molar-refractivity contribution is 7.09. The fourth-order valence-electron chi connectivity index (χ4n) is 2.59. The second-order valence-corrected chi connectivity index (χ2v) is 6.36. The van der Waals surface area contributed by atoms with Gasteiger partial charge in [0.1, 0.15) is 5.01 Å². The van der Waals surface area contributed by atoms with Crippen molar-refractivity contribution < 1.29 is 14.6 Å². The third-order valence-corrected chi connectivity index (χ3v) is 4.69. The van der Waals surface area contributed by atoms with Gasteiger partial charge in [-0.2, -0.15) is 0 Å². The molecule has 3 heterocycles. The van der Waals surface area contributed by atoms with Crippen molar-refractivity contribution in [3.05, 3.63) is 28.0 Å². The van der Waals surface area contributed by atoms with E-state index in [-0.39, 0.29) is 6.42 Å². The van der Waals surface area contributed by atoms with Gasteiger partial charge in [-0.25, -0.2) is 14.5 Å². The first kappa shape index (κ1) is 15.1. The van der Waals surface area contributed by atoms with Crippen LogP contribution in [-0.2, 0) is 28.9 Å². The molecule has 1 N–H and O–H groups in total. The van der Waals surface area contributed by atoms with Crippen LogP contribution in [0.1, 0.15) is 36.2 Å². The van der Waals surface area contributed by atoms with Crippen molar-refractivity contribution in [1.82, 2.24) is 20.0 Å². The SMILES string of the molecule is CCc1csc(Cn2cc(CC3(C(=O)O)CCCO3)nn2)n1. The topological polar surface area (TPSA) is 90.1 Å². The number of carboxylic acids is 1. The summed E-state index contributed by atoms with van der Waals surface area (Å²) in [5.74, 6) is -0.924. The van der Waals surface area contributed by atoms with Crippen molar-refractivity contribution in [3.8, 4) is 0 Å². The van der Waals surface area contributed by atoms with Gasteiger partial charge in [0, 0.05) is 24.6 Å². The van der Waals surface area contributed by atoms with Gasteiger partial charge in [-0.05, 0) is 19.3 Å². The number of aliphatic carboxylic acids is 1. The Morgan fingerprint density at radius 3 is 3.05 bits per heavy atom. The van der Waals surface area contributed by atoms with E-state index in [4.69, 9.17) is 4.74 Å². The van der Waals surface area contributed by atoms with Gasteiger partial charge in [0.15, 0.2) is 5.60 Å². The van der Waals surface area contributed by atoms with Crippen LogP contribution < -0.4 is 0 Å². The van der Waals surface area contributed by atoms with E-state index < -0.39 is 11.6 Å². The third kappa shape index (κ3) is 3.02. The molecule has 1 aliphatic heterocycles. The van der Waals surface area contributed by atoms with E-state index in [1.807, 2.05) is 5.38 Å². The quantitative estimate of drug-likeness (QED) is 0.867. The standard InChI is InChI=1S/C14H18N4O3S/c1-2-10-9-22-12(15-10)8-18-7-11(16-17-18)6-14(13(19)20)4-3-5-21-14/h7,9H,2-6,8H2,1H3,(H,19,20). The normalized spacial score (nSPS) is 21.3. The van der Waals surface area contributed by atoms with Crippen LogP contribution in [0.4, 0.5) is 0 Å². The number of nitrogens with zero attached hydrogens (tertiary/aromatic N) is 4. The van der Waals surface area contributed by atoms with Crippen LogP contribution >= 0.6 is 11.3 Å². The molecule has 0 saturated carbocycles. The van der Waals surface area contributed by atoms with Crippen LogP contribution in [0.15, 0.2) is 11.6 Å². The Bertz CT molecular complexity index is 661. The van der Waals surface area contributed by atoms with Crippen LogP contribution in [0.3, 0.4) is 0 Å². The van der Waals surface area contributed by atoms with Crippen molar-refractivity contribution in [3.63, 3.8) is 0 Å². The first-order valence-corrected chi connectivity index (χ1v) is 8.19. The molecule has 0 radical (unpaired) electrons. The third-order valence-electron chi connectivity index (χ3n) is 3.80. The molecule has 2 aromatic heterocycles. The van der Waals surface area contributed by atoms with Crippen molar-refractivity contribution in [2.45, 2.75) is 44.8 Å². The Hall–Kier alpha value is -1.80. The maximum Gasteiger partial charge on any atom is 0.336 e. The van der Waals surface area contributed by atoms with Crippen LogP contribution in [-0.4, -0.2) is 43.3 Å². The van der Waals surface area contributed by atoms with Crippen molar-refractivity contribution >= 4 is 17.3 Å². The number of rotatable bonds is 6. The predicted octanol–water partition coefficient (Wildman–Crippen LogP) is 1.52. The minimum atomic E-state index is -1.14. The Morgan fingerprint density at radius 2 is 2.41 bits per heavy atom. The summed E-state index contributed by atoms with van der Waals surface area (Å²) < 4.78 is 7.16. The molecule has 22 heavy (non-hydrogen) atoms. The number of ether oxygens (including phenoxy) is 1. The van der Waals surface area contributed by atoms with Gasteiger partial charge < -0.3 is 9.84 Å². The average molecular weight is 322 g/mol. The zero-order valence-corrected chi connectivity index (χ0v) is 13.2. The van der Waals surface area contributed by atoms with Crippen LogP contribution in [0.5, 0.6) is 0 Å². The van der Waals surface area contributed by atoms with Crippen LogP contribution in [0, 0.1) is 0 Å². The van der Waals surface area contributed by atoms with E-state index >= 15 is 0 Å². The van der Waals surface area contributed by atoms with Gasteiger partial charge in [0.2, 0.25) is 0 Å². The lowest BCUT2D eigenvalue weighted by Crippen LogP contribution is -2.40. The average Bonchev–Trinajstić information content (AvgIpc) is 3.21. The van der Waals surface area contributed by atoms with E-state index in [1.54, 1.807) is 22.2 Å². The molecule has 0 bridgehead atoms. The molecule has 1 atom stereocenters. The van der Waals surface area contributed by atoms with Gasteiger partial charge in [0.05, 0.1) is 17.9 Å². The van der Waals surface area contributed by atoms with Crippen LogP contribution in [0.25, 0.3) is 0 Å². The lowest BCUT2D eigenvalue weighted by molar-refractivity contribution is -0.160. The van der Waals surface area contributed by atoms with E-state index in [0.717, 1.165) is 23.5 Å². The van der Waals surface area contributed by atoms with E-state index in [9.17, 15) is 9.90 Å². The van der Waals surface area contributed by atoms with E-state index in [2.05, 4.69) is 22.2 Å². The summed E-state index contributed by atoms with van der Waals surface area (Å²) in [6, 6.07) is 0. The molecule has 118 valence electrons. The largest absolute Gasteiger partial charge is 0.479 e. The van der Waals surface area contributed by atoms with Gasteiger partial charge in [0.25, 0.3) is 0 Å². The number of aryl methyl sites for hydroxylation is 1. The zero-order valence-electron chi connectivity index (χ0n) is 12.4. The van der Waals surface area contributed by atoms with Crippen LogP contribution in [0.2, 0.25) is 0 Å². The van der Waals surface area contributed by atoms with Gasteiger partial charge in [-0.3, -0.25) is 0 Å². The Balaban J connectivity index is 1.69. The molecule has 0 aliphatic carbocycles. The summed E-state index contributed by atoms with van der Waals surface area (Å²) in [4.78, 5) is 16.0. The summed E-state index contributed by atoms with van der Waals surface area (Å²) in [7, 11) is 0. The lowest BCUT2D eigenvalue weighted by Gasteiger charge is -2.21. The number of hydrogen-bond acceptors (Lipinski definition) is 6. The molecular weight excluding hydrogens is 304 g/mol. The van der Waals surface area contributed by atoms with Gasteiger partial charge >= 0.3 is 5.97 Å². The number of thiazole rings is 1. The first-order valence-electron chi connectivity index (χ1n) is 7.31. The lowest BCUT2D eigenvalue weighted by atomic mass is 9.95. The smallest absolute Gasteiger partial charge is 0.336 e. The van der Waals surface area contributed by atoms with Crippen molar-refractivity contribution in [2.24, 2.45) is 0 Å². The minimum absolute atomic E-state index is 0.250. The molecule has 1 saturated heterocycles. The summed E-state index contributed by atoms with van der Waals surface area (Å²) in [5.41, 5.74) is 0.568. The Morgan fingerprint density at radius 1 is 1.55 bits per heavy atom. The number of carbonyl (C=O) groups is 1. The number of aromatic nitrogens is 4. The highest BCUT2D eigenvalue weighted by atomic mass is 32.1. The monoisotopic (exact) mass is 322 g/mol. The van der Waals surface area contributed by atoms with E-state index in [0.29, 0.717) is 25.3 Å². The number of carboxylic acid groups (broad SMARTS) is 1. The molecule has 0 amide bonds. The highest BCUT2D eigenvalue weighted by Crippen LogP contribution is 2.29. The maximum atomic E-state index is 11.5. The molecule has 0 aromatic carbocycles. The molecule has 1 fully saturated rings. The Labute approximate surface area is 131 Å². The van der Waals surface area contributed by atoms with Gasteiger partial charge in [-0.1, -0.05) is 12.1 Å². The molecule has 7 nitrogen and oxygen atoms in total. The summed E-state index contributed by atoms with van der Waals surface area (Å²) in [6.45, 7) is 3.11. The molecule has 1 unspecified atom stereocenters. The summed E-state index contributed by atoms with van der Waals surface area (Å²) >= 11 is 1.60.